The van der Waals surface area contributed by atoms with Crippen LogP contribution < -0.4 is 5.73 Å². The Morgan fingerprint density at radius 1 is 1.36 bits per heavy atom. The van der Waals surface area contributed by atoms with Gasteiger partial charge in [0.2, 0.25) is 0 Å². The van der Waals surface area contributed by atoms with Gasteiger partial charge in [0.25, 0.3) is 0 Å². The summed E-state index contributed by atoms with van der Waals surface area (Å²) in [6, 6.07) is 0. The standard InChI is InChI=1S/C7H12FN3/c1-4(9)7(10)5(2)11-6(3)8/h9H,10H2,1-3H3/b7-5+,9-4?,11-6+. The fraction of sp³-hybridized carbons (Fsp3) is 0.429. The van der Waals surface area contributed by atoms with Gasteiger partial charge >= 0.3 is 0 Å². The molecule has 0 aromatic carbocycles. The quantitative estimate of drug-likeness (QED) is 0.587. The normalized spacial score (nSPS) is 14.4. The molecule has 0 aromatic heterocycles. The Kier molecular flexibility index (Phi) is 3.44. The van der Waals surface area contributed by atoms with Crippen molar-refractivity contribution in [3.8, 4) is 0 Å². The fourth-order valence-corrected chi connectivity index (χ4v) is 0.563. The van der Waals surface area contributed by atoms with Crippen molar-refractivity contribution in [1.29, 1.82) is 5.41 Å². The van der Waals surface area contributed by atoms with Gasteiger partial charge in [-0.15, -0.1) is 0 Å². The maximum absolute atomic E-state index is 12.2. The average Bonchev–Trinajstić information content (AvgIpc) is 1.84. The van der Waals surface area contributed by atoms with Crippen molar-refractivity contribution in [2.45, 2.75) is 20.8 Å². The number of rotatable bonds is 2. The van der Waals surface area contributed by atoms with Crippen LogP contribution >= 0.6 is 0 Å². The van der Waals surface area contributed by atoms with Gasteiger partial charge < -0.3 is 11.1 Å². The van der Waals surface area contributed by atoms with E-state index in [1.165, 1.54) is 13.8 Å². The first-order valence-electron chi connectivity index (χ1n) is 3.17. The molecular formula is C7H12FN3. The zero-order chi connectivity index (χ0) is 9.02. The molecule has 0 saturated heterocycles. The Hall–Kier alpha value is -1.19. The van der Waals surface area contributed by atoms with E-state index in [1.807, 2.05) is 0 Å². The molecule has 3 nitrogen and oxygen atoms in total. The lowest BCUT2D eigenvalue weighted by Crippen LogP contribution is -2.08. The fourth-order valence-electron chi connectivity index (χ4n) is 0.563. The zero-order valence-electron chi connectivity index (χ0n) is 6.90. The molecular weight excluding hydrogens is 145 g/mol. The number of nitrogens with zero attached hydrogens (tertiary/aromatic N) is 1. The predicted molar refractivity (Wildman–Crippen MR) is 44.5 cm³/mol. The van der Waals surface area contributed by atoms with Crippen LogP contribution in [-0.4, -0.2) is 11.7 Å². The first-order valence-corrected chi connectivity index (χ1v) is 3.17. The van der Waals surface area contributed by atoms with Gasteiger partial charge in [-0.05, 0) is 13.8 Å². The van der Waals surface area contributed by atoms with Crippen LogP contribution in [0.2, 0.25) is 0 Å². The molecule has 62 valence electrons. The van der Waals surface area contributed by atoms with Crippen molar-refractivity contribution in [2.75, 3.05) is 0 Å². The number of nitrogens with two attached hydrogens (primary N) is 1. The highest BCUT2D eigenvalue weighted by molar-refractivity contribution is 5.95. The molecule has 0 aromatic rings. The smallest absolute Gasteiger partial charge is 0.186 e. The largest absolute Gasteiger partial charge is 0.396 e. The summed E-state index contributed by atoms with van der Waals surface area (Å²) < 4.78 is 12.2. The van der Waals surface area contributed by atoms with Gasteiger partial charge in [-0.1, -0.05) is 0 Å². The monoisotopic (exact) mass is 157 g/mol. The molecule has 0 aliphatic heterocycles. The molecule has 0 aliphatic rings. The molecule has 0 fully saturated rings. The lowest BCUT2D eigenvalue weighted by Gasteiger charge is -1.99. The Labute approximate surface area is 65.3 Å². The van der Waals surface area contributed by atoms with Gasteiger partial charge in [-0.3, -0.25) is 0 Å². The van der Waals surface area contributed by atoms with Gasteiger partial charge in [0, 0.05) is 6.92 Å². The molecule has 0 heterocycles. The first kappa shape index (κ1) is 9.81. The van der Waals surface area contributed by atoms with Crippen LogP contribution in [0.5, 0.6) is 0 Å². The van der Waals surface area contributed by atoms with E-state index in [2.05, 4.69) is 4.99 Å². The lowest BCUT2D eigenvalue weighted by atomic mass is 10.2. The number of aliphatic imine (C=N–C) groups is 1. The van der Waals surface area contributed by atoms with Crippen molar-refractivity contribution >= 4 is 11.7 Å². The van der Waals surface area contributed by atoms with Crippen molar-refractivity contribution in [3.05, 3.63) is 11.4 Å². The first-order chi connectivity index (χ1) is 4.95. The summed E-state index contributed by atoms with van der Waals surface area (Å²) in [6.45, 7) is 4.33. The second-order valence-electron chi connectivity index (χ2n) is 2.23. The molecule has 0 atom stereocenters. The second kappa shape index (κ2) is 3.85. The summed E-state index contributed by atoms with van der Waals surface area (Å²) in [4.78, 5) is 3.46. The van der Waals surface area contributed by atoms with Crippen molar-refractivity contribution in [1.82, 2.24) is 0 Å². The van der Waals surface area contributed by atoms with Gasteiger partial charge in [0.15, 0.2) is 5.97 Å². The highest BCUT2D eigenvalue weighted by Crippen LogP contribution is 2.01. The third-order valence-electron chi connectivity index (χ3n) is 1.12. The van der Waals surface area contributed by atoms with Crippen molar-refractivity contribution in [2.24, 2.45) is 10.7 Å². The van der Waals surface area contributed by atoms with Gasteiger partial charge in [-0.25, -0.2) is 4.99 Å². The minimum Gasteiger partial charge on any atom is -0.396 e. The highest BCUT2D eigenvalue weighted by Gasteiger charge is 1.98. The Balaban J connectivity index is 4.68. The maximum atomic E-state index is 12.2. The lowest BCUT2D eigenvalue weighted by molar-refractivity contribution is 0.793. The summed E-state index contributed by atoms with van der Waals surface area (Å²) in [7, 11) is 0. The van der Waals surface area contributed by atoms with Crippen LogP contribution in [0.15, 0.2) is 16.4 Å². The van der Waals surface area contributed by atoms with Crippen molar-refractivity contribution < 1.29 is 4.39 Å². The molecule has 3 N–H and O–H groups in total. The van der Waals surface area contributed by atoms with E-state index in [0.717, 1.165) is 0 Å². The molecule has 0 saturated carbocycles. The van der Waals surface area contributed by atoms with Crippen LogP contribution in [0, 0.1) is 5.41 Å². The second-order valence-corrected chi connectivity index (χ2v) is 2.23. The Bertz CT molecular complexity index is 224. The number of hydrogen-bond acceptors (Lipinski definition) is 3. The summed E-state index contributed by atoms with van der Waals surface area (Å²) in [5.41, 5.74) is 6.16. The molecule has 0 aliphatic carbocycles. The van der Waals surface area contributed by atoms with Crippen LogP contribution in [0.25, 0.3) is 0 Å². The molecule has 0 radical (unpaired) electrons. The molecule has 0 unspecified atom stereocenters. The van der Waals surface area contributed by atoms with Crippen molar-refractivity contribution in [3.63, 3.8) is 0 Å². The van der Waals surface area contributed by atoms with E-state index < -0.39 is 5.97 Å². The predicted octanol–water partition coefficient (Wildman–Crippen LogP) is 1.60. The highest BCUT2D eigenvalue weighted by atomic mass is 19.1. The van der Waals surface area contributed by atoms with E-state index in [9.17, 15) is 4.39 Å². The third-order valence-corrected chi connectivity index (χ3v) is 1.12. The summed E-state index contributed by atoms with van der Waals surface area (Å²) in [5.74, 6) is -0.549. The SMILES string of the molecule is CC(=N)/C(N)=C(C)\N=C(/C)F. The number of halogens is 1. The maximum Gasteiger partial charge on any atom is 0.186 e. The summed E-state index contributed by atoms with van der Waals surface area (Å²) >= 11 is 0. The van der Waals surface area contributed by atoms with Crippen LogP contribution in [0.1, 0.15) is 20.8 Å². The summed E-state index contributed by atoms with van der Waals surface area (Å²) in [6.07, 6.45) is 0. The minimum absolute atomic E-state index is 0.201. The minimum atomic E-state index is -0.549. The summed E-state index contributed by atoms with van der Waals surface area (Å²) in [5, 5.41) is 7.10. The van der Waals surface area contributed by atoms with E-state index in [1.54, 1.807) is 6.92 Å². The Morgan fingerprint density at radius 2 is 1.82 bits per heavy atom. The number of hydrogen-bond donors (Lipinski definition) is 2. The zero-order valence-corrected chi connectivity index (χ0v) is 6.90. The van der Waals surface area contributed by atoms with Crippen LogP contribution in [0.4, 0.5) is 4.39 Å². The molecule has 0 rings (SSSR count). The van der Waals surface area contributed by atoms with Gasteiger partial charge in [-0.2, -0.15) is 4.39 Å². The third kappa shape index (κ3) is 3.50. The van der Waals surface area contributed by atoms with E-state index >= 15 is 0 Å². The van der Waals surface area contributed by atoms with Crippen LogP contribution in [-0.2, 0) is 0 Å². The van der Waals surface area contributed by atoms with Gasteiger partial charge in [0.05, 0.1) is 17.1 Å². The van der Waals surface area contributed by atoms with Gasteiger partial charge in [0.1, 0.15) is 0 Å². The number of allylic oxidation sites excluding steroid dienone is 2. The van der Waals surface area contributed by atoms with E-state index in [4.69, 9.17) is 11.1 Å². The number of nitrogens with one attached hydrogen (secondary N) is 1. The van der Waals surface area contributed by atoms with Crippen LogP contribution in [0.3, 0.4) is 0 Å². The van der Waals surface area contributed by atoms with E-state index in [0.29, 0.717) is 5.70 Å². The molecule has 0 bridgehead atoms. The molecule has 4 heteroatoms. The topological polar surface area (TPSA) is 62.2 Å². The molecule has 11 heavy (non-hydrogen) atoms. The molecule has 0 amide bonds. The Morgan fingerprint density at radius 3 is 2.09 bits per heavy atom. The van der Waals surface area contributed by atoms with E-state index in [-0.39, 0.29) is 11.4 Å². The molecule has 0 spiro atoms. The average molecular weight is 157 g/mol.